The van der Waals surface area contributed by atoms with Crippen molar-refractivity contribution in [1.82, 2.24) is 4.90 Å². The van der Waals surface area contributed by atoms with E-state index in [1.54, 1.807) is 34.0 Å². The maximum absolute atomic E-state index is 14.1. The van der Waals surface area contributed by atoms with Crippen molar-refractivity contribution in [2.45, 2.75) is 174 Å². The molecule has 3 fully saturated rings. The van der Waals surface area contributed by atoms with Crippen LogP contribution in [-0.2, 0) is 38.2 Å². The Bertz CT molecular complexity index is 1620. The Morgan fingerprint density at radius 1 is 0.867 bits per heavy atom. The molecule has 1 amide bonds. The second kappa shape index (κ2) is 22.7. The smallest absolute Gasteiger partial charge is 0.329 e. The molecule has 0 aromatic carbocycles. The number of ketones is 3. The van der Waals surface area contributed by atoms with Crippen LogP contribution in [0.3, 0.4) is 0 Å². The third kappa shape index (κ3) is 13.4. The minimum absolute atomic E-state index is 0.0647. The van der Waals surface area contributed by atoms with Crippen LogP contribution in [0.4, 0.5) is 0 Å². The molecule has 0 aromatic heterocycles. The largest absolute Gasteiger partial charge is 0.460 e. The molecule has 12 heteroatoms. The molecule has 4 aliphatic rings. The SMILES string of the molecule is CO[C@H]1C[C@@H]2CC[C@@H](C)[C@@](O)(O2)C(=O)C(=O)N2CCC[C@H]2C(=O)O[C@H]([C@H](C)CC2CCC(O)CC2)CC(=O)[C@H](C)/C=C(\C)[C@@H](O)CC(=O)[C@H](C)C[C@H](C)/C=C/C=C/C=C/1C. The van der Waals surface area contributed by atoms with Crippen molar-refractivity contribution < 1.29 is 53.5 Å². The molecule has 2 bridgehead atoms. The van der Waals surface area contributed by atoms with Gasteiger partial charge in [-0.2, -0.15) is 0 Å². The fourth-order valence-corrected chi connectivity index (χ4v) is 9.33. The zero-order chi connectivity index (χ0) is 44.3. The topological polar surface area (TPSA) is 177 Å². The quantitative estimate of drug-likeness (QED) is 0.159. The summed E-state index contributed by atoms with van der Waals surface area (Å²) in [5.41, 5.74) is 1.41. The summed E-state index contributed by atoms with van der Waals surface area (Å²) in [7, 11) is 1.58. The van der Waals surface area contributed by atoms with Gasteiger partial charge in [-0.05, 0) is 107 Å². The first-order valence-corrected chi connectivity index (χ1v) is 22.4. The van der Waals surface area contributed by atoms with Gasteiger partial charge in [-0.25, -0.2) is 4.79 Å². The van der Waals surface area contributed by atoms with E-state index < -0.39 is 65.7 Å². The van der Waals surface area contributed by atoms with E-state index in [0.717, 1.165) is 18.4 Å². The number of cyclic esters (lactones) is 1. The van der Waals surface area contributed by atoms with Gasteiger partial charge >= 0.3 is 5.97 Å². The molecular formula is C48H73NO11. The summed E-state index contributed by atoms with van der Waals surface area (Å²) in [5.74, 6) is -7.01. The Labute approximate surface area is 357 Å². The first-order chi connectivity index (χ1) is 28.3. The Balaban J connectivity index is 1.64. The lowest BCUT2D eigenvalue weighted by molar-refractivity contribution is -0.265. The number of rotatable bonds is 4. The molecule has 1 aliphatic carbocycles. The number of ether oxygens (including phenoxy) is 3. The number of aliphatic hydroxyl groups excluding tert-OH is 2. The molecule has 0 radical (unpaired) electrons. The van der Waals surface area contributed by atoms with Crippen molar-refractivity contribution >= 4 is 29.2 Å². The Hall–Kier alpha value is -3.29. The van der Waals surface area contributed by atoms with Crippen LogP contribution in [0.2, 0.25) is 0 Å². The predicted octanol–water partition coefficient (Wildman–Crippen LogP) is 6.54. The van der Waals surface area contributed by atoms with E-state index in [9.17, 15) is 39.3 Å². The molecule has 336 valence electrons. The van der Waals surface area contributed by atoms with Gasteiger partial charge in [0.05, 0.1) is 24.4 Å². The Morgan fingerprint density at radius 3 is 2.25 bits per heavy atom. The highest BCUT2D eigenvalue weighted by Crippen LogP contribution is 2.37. The third-order valence-corrected chi connectivity index (χ3v) is 13.6. The van der Waals surface area contributed by atoms with Crippen LogP contribution >= 0.6 is 0 Å². The van der Waals surface area contributed by atoms with Crippen LogP contribution in [-0.4, -0.2) is 105 Å². The molecule has 11 atom stereocenters. The van der Waals surface area contributed by atoms with Gasteiger partial charge in [-0.15, -0.1) is 0 Å². The number of hydrogen-bond donors (Lipinski definition) is 3. The van der Waals surface area contributed by atoms with Gasteiger partial charge < -0.3 is 34.4 Å². The average Bonchev–Trinajstić information content (AvgIpc) is 3.71. The zero-order valence-electron chi connectivity index (χ0n) is 37.3. The maximum atomic E-state index is 14.1. The lowest BCUT2D eigenvalue weighted by Gasteiger charge is -2.41. The molecule has 3 aliphatic heterocycles. The number of allylic oxidation sites excluding steroid dienone is 6. The van der Waals surface area contributed by atoms with Crippen LogP contribution in [0.5, 0.6) is 0 Å². The summed E-state index contributed by atoms with van der Waals surface area (Å²) in [6.07, 6.45) is 14.2. The lowest BCUT2D eigenvalue weighted by atomic mass is 9.79. The minimum Gasteiger partial charge on any atom is -0.460 e. The fourth-order valence-electron chi connectivity index (χ4n) is 9.33. The predicted molar refractivity (Wildman–Crippen MR) is 228 cm³/mol. The highest BCUT2D eigenvalue weighted by Gasteiger charge is 2.53. The summed E-state index contributed by atoms with van der Waals surface area (Å²) >= 11 is 0. The van der Waals surface area contributed by atoms with Crippen LogP contribution < -0.4 is 0 Å². The van der Waals surface area contributed by atoms with Crippen LogP contribution in [0.1, 0.15) is 132 Å². The van der Waals surface area contributed by atoms with E-state index in [-0.39, 0.29) is 67.1 Å². The van der Waals surface area contributed by atoms with Crippen LogP contribution in [0, 0.1) is 35.5 Å². The van der Waals surface area contributed by atoms with Crippen molar-refractivity contribution in [2.75, 3.05) is 13.7 Å². The standard InChI is InChI=1S/C48H73NO11/c1-29-13-10-9-11-14-30(2)43(58-8)26-38-21-16-35(7)48(57,60-38)45(54)46(55)49-22-12-15-39(49)47(56)59-44(34(6)25-36-17-19-37(50)20-18-36)28-42(53)33(5)24-32(4)41(52)27-40(51)31(3)23-29/h9-11,13-14,24,29,31,33-39,41,43-44,50,52,57H,12,15-23,25-28H2,1-8H3/b11-9+,13-10+,30-14+,32-24+/t29-,31-,33-,34-,35-,36?,37?,38+,39+,41+,43+,44+,48-/m1/s1. The molecule has 2 saturated heterocycles. The molecule has 3 heterocycles. The summed E-state index contributed by atoms with van der Waals surface area (Å²) in [6, 6.07) is -1.09. The first-order valence-electron chi connectivity index (χ1n) is 22.4. The number of hydrogen-bond acceptors (Lipinski definition) is 11. The highest BCUT2D eigenvalue weighted by molar-refractivity contribution is 6.39. The molecule has 0 spiro atoms. The number of methoxy groups -OCH3 is 1. The number of aliphatic hydroxyl groups is 3. The van der Waals surface area contributed by atoms with E-state index in [1.807, 2.05) is 58.1 Å². The molecule has 12 nitrogen and oxygen atoms in total. The normalized spacial score (nSPS) is 40.1. The van der Waals surface area contributed by atoms with Gasteiger partial charge in [0.1, 0.15) is 23.7 Å². The van der Waals surface area contributed by atoms with Crippen molar-refractivity contribution in [3.63, 3.8) is 0 Å². The van der Waals surface area contributed by atoms with E-state index in [0.29, 0.717) is 56.9 Å². The number of carbonyl (C=O) groups is 5. The highest BCUT2D eigenvalue weighted by atomic mass is 16.6. The first kappa shape index (κ1) is 49.4. The summed E-state index contributed by atoms with van der Waals surface area (Å²) in [4.78, 5) is 70.3. The van der Waals surface area contributed by atoms with Gasteiger partial charge in [0.2, 0.25) is 5.79 Å². The second-order valence-corrected chi connectivity index (χ2v) is 18.6. The summed E-state index contributed by atoms with van der Waals surface area (Å²) in [5, 5.41) is 32.9. The molecule has 60 heavy (non-hydrogen) atoms. The van der Waals surface area contributed by atoms with Crippen molar-refractivity contribution in [3.05, 3.63) is 47.6 Å². The number of nitrogens with zero attached hydrogens (tertiary/aromatic N) is 1. The van der Waals surface area contributed by atoms with E-state index in [2.05, 4.69) is 0 Å². The van der Waals surface area contributed by atoms with Gasteiger partial charge in [0.25, 0.3) is 11.7 Å². The number of carbonyl (C=O) groups excluding carboxylic acids is 5. The number of fused-ring (bicyclic) bond motifs is 3. The van der Waals surface area contributed by atoms with Crippen molar-refractivity contribution in [3.8, 4) is 0 Å². The van der Waals surface area contributed by atoms with Gasteiger partial charge in [-0.3, -0.25) is 19.2 Å². The average molecular weight is 840 g/mol. The monoisotopic (exact) mass is 840 g/mol. The Morgan fingerprint density at radius 2 is 1.57 bits per heavy atom. The van der Waals surface area contributed by atoms with Gasteiger partial charge in [-0.1, -0.05) is 71.1 Å². The number of amides is 1. The van der Waals surface area contributed by atoms with Crippen LogP contribution in [0.25, 0.3) is 0 Å². The lowest BCUT2D eigenvalue weighted by Crippen LogP contribution is -2.59. The molecule has 0 unspecified atom stereocenters. The van der Waals surface area contributed by atoms with Crippen molar-refractivity contribution in [1.29, 1.82) is 0 Å². The van der Waals surface area contributed by atoms with E-state index >= 15 is 0 Å². The van der Waals surface area contributed by atoms with E-state index in [4.69, 9.17) is 14.2 Å². The maximum Gasteiger partial charge on any atom is 0.329 e. The van der Waals surface area contributed by atoms with Crippen molar-refractivity contribution in [2.24, 2.45) is 35.5 Å². The van der Waals surface area contributed by atoms with E-state index in [1.165, 1.54) is 4.90 Å². The fraction of sp³-hybridized carbons (Fsp3) is 0.729. The molecule has 0 aromatic rings. The van der Waals surface area contributed by atoms with Gasteiger partial charge in [0.15, 0.2) is 0 Å². The molecular weight excluding hydrogens is 767 g/mol. The summed E-state index contributed by atoms with van der Waals surface area (Å²) in [6.45, 7) is 13.0. The molecule has 1 saturated carbocycles. The van der Waals surface area contributed by atoms with Gasteiger partial charge in [0, 0.05) is 50.7 Å². The second-order valence-electron chi connectivity index (χ2n) is 18.6. The molecule has 3 N–H and O–H groups in total. The minimum atomic E-state index is -2.40. The third-order valence-electron chi connectivity index (χ3n) is 13.6. The zero-order valence-corrected chi connectivity index (χ0v) is 37.3. The number of esters is 1. The van der Waals surface area contributed by atoms with Crippen LogP contribution in [0.15, 0.2) is 47.6 Å². The Kier molecular flexibility index (Phi) is 18.7. The number of Topliss-reactive ketones (excluding diaryl/α,β-unsaturated/α-hetero) is 3. The summed E-state index contributed by atoms with van der Waals surface area (Å²) < 4.78 is 18.1. The molecule has 4 rings (SSSR count).